The van der Waals surface area contributed by atoms with Gasteiger partial charge in [0.15, 0.2) is 0 Å². The molecule has 0 saturated heterocycles. The van der Waals surface area contributed by atoms with Crippen LogP contribution in [0.3, 0.4) is 0 Å². The third-order valence-corrected chi connectivity index (χ3v) is 3.28. The summed E-state index contributed by atoms with van der Waals surface area (Å²) in [6, 6.07) is 7.81. The number of hydrogen-bond acceptors (Lipinski definition) is 3. The van der Waals surface area contributed by atoms with Crippen LogP contribution >= 0.6 is 0 Å². The Hall–Kier alpha value is -1.39. The van der Waals surface area contributed by atoms with Crippen molar-refractivity contribution < 1.29 is 20.1 Å². The molecule has 0 amide bonds. The van der Waals surface area contributed by atoms with Crippen LogP contribution in [0.25, 0.3) is 0 Å². The summed E-state index contributed by atoms with van der Waals surface area (Å²) in [6.07, 6.45) is 9.00. The van der Waals surface area contributed by atoms with Crippen LogP contribution in [0.2, 0.25) is 0 Å². The van der Waals surface area contributed by atoms with Gasteiger partial charge in [0.25, 0.3) is 0 Å². The van der Waals surface area contributed by atoms with Crippen molar-refractivity contribution in [1.82, 2.24) is 0 Å². The summed E-state index contributed by atoms with van der Waals surface area (Å²) < 4.78 is 4.40. The van der Waals surface area contributed by atoms with E-state index in [1.807, 2.05) is 31.2 Å². The fourth-order valence-corrected chi connectivity index (χ4v) is 2.05. The molecule has 1 aliphatic rings. The molecule has 0 bridgehead atoms. The van der Waals surface area contributed by atoms with Crippen molar-refractivity contribution in [3.05, 3.63) is 35.4 Å². The second-order valence-electron chi connectivity index (χ2n) is 5.13. The minimum atomic E-state index is -0.211. The van der Waals surface area contributed by atoms with E-state index < -0.39 is 0 Å². The highest BCUT2D eigenvalue weighted by atomic mass is 16.5. The number of carbonyl (C=O) groups excluding carboxylic acids is 1. The molecule has 3 N–H and O–H groups in total. The first-order chi connectivity index (χ1) is 10.1. The first-order valence-electron chi connectivity index (χ1n) is 7.90. The van der Waals surface area contributed by atoms with Gasteiger partial charge in [-0.3, -0.25) is 4.79 Å². The zero-order valence-electron chi connectivity index (χ0n) is 14.2. The van der Waals surface area contributed by atoms with Crippen LogP contribution in [-0.2, 0) is 16.1 Å². The van der Waals surface area contributed by atoms with Crippen LogP contribution < -0.4 is 0 Å². The van der Waals surface area contributed by atoms with E-state index in [4.69, 9.17) is 5.11 Å². The molecule has 1 fully saturated rings. The summed E-state index contributed by atoms with van der Waals surface area (Å²) in [6.45, 7) is 5.79. The molecule has 0 aliphatic heterocycles. The van der Waals surface area contributed by atoms with Crippen LogP contribution in [0.15, 0.2) is 24.3 Å². The lowest BCUT2D eigenvalue weighted by molar-refractivity contribution is -0.140. The molecule has 4 heteroatoms. The number of aliphatic hydroxyl groups excluding tert-OH is 1. The number of benzene rings is 1. The van der Waals surface area contributed by atoms with Gasteiger partial charge in [-0.15, -0.1) is 0 Å². The maximum Gasteiger partial charge on any atom is 0.302 e. The van der Waals surface area contributed by atoms with Crippen LogP contribution in [0, 0.1) is 6.92 Å². The zero-order chi connectivity index (χ0) is 15.9. The van der Waals surface area contributed by atoms with E-state index in [1.165, 1.54) is 45.4 Å². The molecule has 22 heavy (non-hydrogen) atoms. The average molecular weight is 312 g/mol. The monoisotopic (exact) mass is 312 g/mol. The molecule has 4 nitrogen and oxygen atoms in total. The second kappa shape index (κ2) is 16.0. The van der Waals surface area contributed by atoms with Gasteiger partial charge in [-0.05, 0) is 25.0 Å². The summed E-state index contributed by atoms with van der Waals surface area (Å²) in [5.41, 5.74) is 2.16. The summed E-state index contributed by atoms with van der Waals surface area (Å²) in [5, 5.41) is 8.72. The lowest BCUT2D eigenvalue weighted by atomic mass is 10.0. The first-order valence-corrected chi connectivity index (χ1v) is 7.90. The van der Waals surface area contributed by atoms with Crippen molar-refractivity contribution >= 4 is 5.97 Å². The normalized spacial score (nSPS) is 12.5. The molecule has 0 radical (unpaired) electrons. The second-order valence-corrected chi connectivity index (χ2v) is 5.13. The van der Waals surface area contributed by atoms with Gasteiger partial charge in [-0.1, -0.05) is 62.8 Å². The van der Waals surface area contributed by atoms with E-state index in [0.717, 1.165) is 11.1 Å². The Morgan fingerprint density at radius 1 is 1.09 bits per heavy atom. The van der Waals surface area contributed by atoms with E-state index in [1.54, 1.807) is 6.92 Å². The zero-order valence-corrected chi connectivity index (χ0v) is 14.2. The number of esters is 1. The molecule has 1 aromatic carbocycles. The van der Waals surface area contributed by atoms with Crippen LogP contribution in [-0.4, -0.2) is 23.2 Å². The highest BCUT2D eigenvalue weighted by Crippen LogP contribution is 2.15. The lowest BCUT2D eigenvalue weighted by Crippen LogP contribution is -1.95. The van der Waals surface area contributed by atoms with Gasteiger partial charge < -0.3 is 15.3 Å². The largest absolute Gasteiger partial charge is 0.466 e. The third-order valence-electron chi connectivity index (χ3n) is 3.28. The van der Waals surface area contributed by atoms with Crippen molar-refractivity contribution in [3.63, 3.8) is 0 Å². The fourth-order valence-electron chi connectivity index (χ4n) is 2.05. The molecule has 1 aliphatic carbocycles. The van der Waals surface area contributed by atoms with Gasteiger partial charge >= 0.3 is 5.97 Å². The third kappa shape index (κ3) is 13.6. The Morgan fingerprint density at radius 3 is 1.77 bits per heavy atom. The highest BCUT2D eigenvalue weighted by molar-refractivity contribution is 5.65. The van der Waals surface area contributed by atoms with Gasteiger partial charge in [-0.25, -0.2) is 0 Å². The average Bonchev–Trinajstić information content (AvgIpc) is 2.51. The molecular weight excluding hydrogens is 280 g/mol. The number of ether oxygens (including phenoxy) is 1. The molecule has 2 rings (SSSR count). The molecule has 0 spiro atoms. The first kappa shape index (κ1) is 22.9. The van der Waals surface area contributed by atoms with E-state index in [0.29, 0.717) is 6.61 Å². The van der Waals surface area contributed by atoms with Crippen molar-refractivity contribution in [2.75, 3.05) is 6.61 Å². The van der Waals surface area contributed by atoms with Gasteiger partial charge in [0, 0.05) is 6.92 Å². The van der Waals surface area contributed by atoms with Crippen molar-refractivity contribution in [1.29, 1.82) is 0 Å². The van der Waals surface area contributed by atoms with E-state index >= 15 is 0 Å². The predicted molar refractivity (Wildman–Crippen MR) is 90.7 cm³/mol. The van der Waals surface area contributed by atoms with Crippen LogP contribution in [0.1, 0.15) is 63.5 Å². The predicted octanol–water partition coefficient (Wildman–Crippen LogP) is 3.57. The Morgan fingerprint density at radius 2 is 1.55 bits per heavy atom. The minimum absolute atomic E-state index is 0. The highest BCUT2D eigenvalue weighted by Gasteiger charge is 1.95. The Bertz CT molecular complexity index is 362. The van der Waals surface area contributed by atoms with Crippen LogP contribution in [0.5, 0.6) is 0 Å². The number of rotatable bonds is 2. The molecule has 128 valence electrons. The standard InChI is InChI=1S/C8H10O.C6H12.C4H8O2.H2O/c1-7-4-2-3-5-8(7)6-9;1-2-4-6-5-3-1;1-3-6-4(2)5;/h2-5,9H,6H2,1H3;1-6H2;3H2,1-2H3;1H2. The Labute approximate surface area is 134 Å². The molecule has 0 heterocycles. The van der Waals surface area contributed by atoms with Crippen molar-refractivity contribution in [2.45, 2.75) is 65.9 Å². The number of hydrogen-bond donors (Lipinski definition) is 1. The lowest BCUT2D eigenvalue weighted by Gasteiger charge is -2.05. The van der Waals surface area contributed by atoms with E-state index in [2.05, 4.69) is 4.74 Å². The van der Waals surface area contributed by atoms with Crippen molar-refractivity contribution in [2.24, 2.45) is 0 Å². The minimum Gasteiger partial charge on any atom is -0.466 e. The summed E-state index contributed by atoms with van der Waals surface area (Å²) >= 11 is 0. The molecule has 0 unspecified atom stereocenters. The fraction of sp³-hybridized carbons (Fsp3) is 0.611. The van der Waals surface area contributed by atoms with Crippen molar-refractivity contribution in [3.8, 4) is 0 Å². The molecule has 1 saturated carbocycles. The topological polar surface area (TPSA) is 78.0 Å². The molecule has 1 aromatic rings. The molecule has 0 atom stereocenters. The van der Waals surface area contributed by atoms with Gasteiger partial charge in [0.05, 0.1) is 13.2 Å². The summed E-state index contributed by atoms with van der Waals surface area (Å²) in [5.74, 6) is -0.211. The Kier molecular flexibility index (Phi) is 16.6. The van der Waals surface area contributed by atoms with Gasteiger partial charge in [0.2, 0.25) is 0 Å². The molecular formula is C18H32O4. The SMILES string of the molecule is C1CCCCC1.CCOC(C)=O.Cc1ccccc1CO.O. The molecule has 0 aromatic heterocycles. The quantitative estimate of drug-likeness (QED) is 0.848. The summed E-state index contributed by atoms with van der Waals surface area (Å²) in [4.78, 5) is 9.82. The van der Waals surface area contributed by atoms with Crippen LogP contribution in [0.4, 0.5) is 0 Å². The maximum atomic E-state index is 9.82. The van der Waals surface area contributed by atoms with Gasteiger partial charge in [-0.2, -0.15) is 0 Å². The van der Waals surface area contributed by atoms with E-state index in [9.17, 15) is 4.79 Å². The summed E-state index contributed by atoms with van der Waals surface area (Å²) in [7, 11) is 0. The maximum absolute atomic E-state index is 9.82. The van der Waals surface area contributed by atoms with Gasteiger partial charge in [0.1, 0.15) is 0 Å². The number of aliphatic hydroxyl groups is 1. The smallest absolute Gasteiger partial charge is 0.302 e. The number of carbonyl (C=O) groups is 1. The van der Waals surface area contributed by atoms with E-state index in [-0.39, 0.29) is 18.1 Å². The number of aryl methyl sites for hydroxylation is 1. The Balaban J connectivity index is 0.